The van der Waals surface area contributed by atoms with Gasteiger partial charge in [0.15, 0.2) is 0 Å². The van der Waals surface area contributed by atoms with Gasteiger partial charge in [-0.15, -0.1) is 16.3 Å². The Morgan fingerprint density at radius 2 is 2.00 bits per heavy atom. The van der Waals surface area contributed by atoms with Crippen LogP contribution < -0.4 is 10.1 Å². The predicted octanol–water partition coefficient (Wildman–Crippen LogP) is 2.56. The molecule has 0 radical (unpaired) electrons. The Morgan fingerprint density at radius 3 is 2.61 bits per heavy atom. The number of nitrogens with one attached hydrogen (secondary N) is 1. The van der Waals surface area contributed by atoms with Crippen molar-refractivity contribution in [3.63, 3.8) is 0 Å². The Balaban J connectivity index is 1.86. The minimum absolute atomic E-state index is 0.416. The van der Waals surface area contributed by atoms with Crippen molar-refractivity contribution in [2.24, 2.45) is 5.10 Å². The number of hydrogen-bond donors (Lipinski definition) is 1. The molecule has 1 aromatic carbocycles. The molecule has 2 aromatic rings. The third-order valence-corrected chi connectivity index (χ3v) is 4.49. The quantitative estimate of drug-likeness (QED) is 0.692. The van der Waals surface area contributed by atoms with Crippen molar-refractivity contribution in [2.75, 3.05) is 7.11 Å². The fourth-order valence-corrected chi connectivity index (χ4v) is 2.91. The van der Waals surface area contributed by atoms with Gasteiger partial charge in [-0.3, -0.25) is 4.79 Å². The number of nitrogens with zero attached hydrogens (tertiary/aromatic N) is 2. The van der Waals surface area contributed by atoms with Crippen LogP contribution in [0.1, 0.15) is 17.4 Å². The number of hydrazone groups is 1. The van der Waals surface area contributed by atoms with Crippen LogP contribution in [0, 0.1) is 0 Å². The second-order valence-electron chi connectivity index (χ2n) is 5.16. The first-order chi connectivity index (χ1) is 11.0. The normalized spacial score (nSPS) is 21.0. The molecule has 2 heterocycles. The van der Waals surface area contributed by atoms with E-state index in [2.05, 4.69) is 10.4 Å². The van der Waals surface area contributed by atoms with Crippen LogP contribution in [0.3, 0.4) is 0 Å². The molecule has 0 bridgehead atoms. The van der Waals surface area contributed by atoms with Gasteiger partial charge < -0.3 is 10.1 Å². The molecule has 1 fully saturated rings. The molecule has 1 aromatic heterocycles. The molecule has 3 amide bonds. The van der Waals surface area contributed by atoms with E-state index in [1.54, 1.807) is 38.3 Å². The van der Waals surface area contributed by atoms with E-state index < -0.39 is 17.5 Å². The van der Waals surface area contributed by atoms with Gasteiger partial charge in [-0.2, -0.15) is 5.10 Å². The van der Waals surface area contributed by atoms with Gasteiger partial charge in [-0.1, -0.05) is 18.2 Å². The van der Waals surface area contributed by atoms with E-state index in [9.17, 15) is 9.59 Å². The summed E-state index contributed by atoms with van der Waals surface area (Å²) in [5.41, 5.74) is -0.471. The molecule has 118 valence electrons. The van der Waals surface area contributed by atoms with Gasteiger partial charge in [-0.05, 0) is 36.1 Å². The number of carbonyl (C=O) groups is 2. The molecule has 0 saturated carbocycles. The topological polar surface area (TPSA) is 71.0 Å². The lowest BCUT2D eigenvalue weighted by atomic mass is 9.92. The zero-order valence-corrected chi connectivity index (χ0v) is 13.5. The highest BCUT2D eigenvalue weighted by atomic mass is 32.1. The zero-order valence-electron chi connectivity index (χ0n) is 12.6. The van der Waals surface area contributed by atoms with Crippen LogP contribution in [0.2, 0.25) is 0 Å². The number of rotatable bonds is 4. The molecule has 0 spiro atoms. The monoisotopic (exact) mass is 329 g/mol. The number of ether oxygens (including phenoxy) is 1. The zero-order chi connectivity index (χ0) is 16.4. The van der Waals surface area contributed by atoms with Gasteiger partial charge in [0.1, 0.15) is 11.3 Å². The molecular formula is C16H15N3O3S. The van der Waals surface area contributed by atoms with Crippen LogP contribution in [0.15, 0.2) is 46.9 Å². The second-order valence-corrected chi connectivity index (χ2v) is 6.14. The first-order valence-electron chi connectivity index (χ1n) is 6.93. The van der Waals surface area contributed by atoms with Crippen molar-refractivity contribution in [3.05, 3.63) is 52.2 Å². The third-order valence-electron chi connectivity index (χ3n) is 3.68. The van der Waals surface area contributed by atoms with Crippen molar-refractivity contribution in [1.29, 1.82) is 0 Å². The summed E-state index contributed by atoms with van der Waals surface area (Å²) >= 11 is 1.48. The van der Waals surface area contributed by atoms with E-state index in [0.29, 0.717) is 11.3 Å². The van der Waals surface area contributed by atoms with Crippen LogP contribution in [0.25, 0.3) is 0 Å². The number of urea groups is 1. The molecule has 0 unspecified atom stereocenters. The average Bonchev–Trinajstić information content (AvgIpc) is 3.14. The maximum Gasteiger partial charge on any atom is 0.346 e. The minimum Gasteiger partial charge on any atom is -0.497 e. The molecule has 1 saturated heterocycles. The smallest absolute Gasteiger partial charge is 0.346 e. The lowest BCUT2D eigenvalue weighted by molar-refractivity contribution is -0.131. The van der Waals surface area contributed by atoms with Crippen molar-refractivity contribution in [1.82, 2.24) is 10.3 Å². The van der Waals surface area contributed by atoms with Gasteiger partial charge >= 0.3 is 6.03 Å². The molecular weight excluding hydrogens is 314 g/mol. The number of hydrogen-bond acceptors (Lipinski definition) is 5. The predicted molar refractivity (Wildman–Crippen MR) is 87.6 cm³/mol. The lowest BCUT2D eigenvalue weighted by Gasteiger charge is -2.21. The molecule has 0 aliphatic carbocycles. The summed E-state index contributed by atoms with van der Waals surface area (Å²) < 4.78 is 5.11. The summed E-state index contributed by atoms with van der Waals surface area (Å²) in [6, 6.07) is 10.2. The first-order valence-corrected chi connectivity index (χ1v) is 7.81. The number of amides is 3. The number of benzene rings is 1. The molecule has 7 heteroatoms. The summed E-state index contributed by atoms with van der Waals surface area (Å²) in [6.45, 7) is 1.66. The summed E-state index contributed by atoms with van der Waals surface area (Å²) in [5.74, 6) is 0.266. The van der Waals surface area contributed by atoms with Crippen molar-refractivity contribution in [3.8, 4) is 5.75 Å². The number of imide groups is 1. The summed E-state index contributed by atoms with van der Waals surface area (Å²) in [6.07, 6.45) is 1.50. The lowest BCUT2D eigenvalue weighted by Crippen LogP contribution is -2.40. The van der Waals surface area contributed by atoms with Crippen LogP contribution in [-0.2, 0) is 10.3 Å². The van der Waals surface area contributed by atoms with Crippen molar-refractivity contribution >= 4 is 29.5 Å². The molecule has 1 aliphatic rings. The standard InChI is InChI=1S/C16H15N3O3S/c1-16(11-5-7-12(22-2)8-6-11)14(20)19(15(21)18-16)17-10-13-4-3-9-23-13/h3-10H,1-2H3,(H,18,21)/t16-/m1/s1. The fourth-order valence-electron chi connectivity index (χ4n) is 2.33. The van der Waals surface area contributed by atoms with Gasteiger partial charge in [0, 0.05) is 4.88 Å². The number of carbonyl (C=O) groups excluding carboxylic acids is 2. The minimum atomic E-state index is -1.14. The fraction of sp³-hybridized carbons (Fsp3) is 0.188. The van der Waals surface area contributed by atoms with Gasteiger partial charge in [0.05, 0.1) is 13.3 Å². The Morgan fingerprint density at radius 1 is 1.26 bits per heavy atom. The third kappa shape index (κ3) is 2.70. The summed E-state index contributed by atoms with van der Waals surface area (Å²) in [5, 5.41) is 9.48. The summed E-state index contributed by atoms with van der Waals surface area (Å²) in [4.78, 5) is 25.6. The number of methoxy groups -OCH3 is 1. The van der Waals surface area contributed by atoms with Crippen molar-refractivity contribution < 1.29 is 14.3 Å². The van der Waals surface area contributed by atoms with Crippen LogP contribution >= 0.6 is 11.3 Å². The first kappa shape index (κ1) is 15.2. The van der Waals surface area contributed by atoms with E-state index in [1.807, 2.05) is 17.5 Å². The SMILES string of the molecule is COc1ccc([C@@]2(C)NC(=O)N(N=Cc3cccs3)C2=O)cc1. The largest absolute Gasteiger partial charge is 0.497 e. The van der Waals surface area contributed by atoms with Crippen LogP contribution in [-0.4, -0.2) is 30.3 Å². The second kappa shape index (κ2) is 5.85. The maximum absolute atomic E-state index is 12.7. The molecule has 1 atom stereocenters. The molecule has 1 N–H and O–H groups in total. The van der Waals surface area contributed by atoms with Gasteiger partial charge in [0.2, 0.25) is 0 Å². The van der Waals surface area contributed by atoms with Gasteiger partial charge in [-0.25, -0.2) is 4.79 Å². The average molecular weight is 329 g/mol. The Labute approximate surface area is 137 Å². The van der Waals surface area contributed by atoms with Gasteiger partial charge in [0.25, 0.3) is 5.91 Å². The Bertz CT molecular complexity index is 755. The van der Waals surface area contributed by atoms with E-state index in [0.717, 1.165) is 9.89 Å². The van der Waals surface area contributed by atoms with Crippen LogP contribution in [0.5, 0.6) is 5.75 Å². The highest BCUT2D eigenvalue weighted by Crippen LogP contribution is 2.30. The molecule has 3 rings (SSSR count). The maximum atomic E-state index is 12.7. The van der Waals surface area contributed by atoms with E-state index in [1.165, 1.54) is 17.6 Å². The Kier molecular flexibility index (Phi) is 3.87. The van der Waals surface area contributed by atoms with Crippen LogP contribution in [0.4, 0.5) is 4.79 Å². The van der Waals surface area contributed by atoms with E-state index in [4.69, 9.17) is 4.74 Å². The Hall–Kier alpha value is -2.67. The van der Waals surface area contributed by atoms with E-state index in [-0.39, 0.29) is 0 Å². The highest BCUT2D eigenvalue weighted by Gasteiger charge is 2.49. The highest BCUT2D eigenvalue weighted by molar-refractivity contribution is 7.11. The summed E-state index contributed by atoms with van der Waals surface area (Å²) in [7, 11) is 1.57. The molecule has 6 nitrogen and oxygen atoms in total. The number of thiophene rings is 1. The molecule has 23 heavy (non-hydrogen) atoms. The van der Waals surface area contributed by atoms with Crippen molar-refractivity contribution in [2.45, 2.75) is 12.5 Å². The van der Waals surface area contributed by atoms with E-state index >= 15 is 0 Å². The molecule has 1 aliphatic heterocycles.